The molecule has 0 saturated carbocycles. The highest BCUT2D eigenvalue weighted by molar-refractivity contribution is 6.34. The first-order valence-corrected chi connectivity index (χ1v) is 6.93. The number of carbonyl (C=O) groups excluding carboxylic acids is 2. The second-order valence-electron chi connectivity index (χ2n) is 4.52. The van der Waals surface area contributed by atoms with Crippen molar-refractivity contribution in [1.29, 1.82) is 0 Å². The van der Waals surface area contributed by atoms with Crippen molar-refractivity contribution in [1.82, 2.24) is 10.7 Å². The third-order valence-electron chi connectivity index (χ3n) is 2.92. The molecule has 118 valence electrons. The summed E-state index contributed by atoms with van der Waals surface area (Å²) >= 11 is 5.95. The van der Waals surface area contributed by atoms with E-state index in [4.69, 9.17) is 17.4 Å². The van der Waals surface area contributed by atoms with E-state index in [1.165, 1.54) is 36.4 Å². The van der Waals surface area contributed by atoms with Gasteiger partial charge in [0.05, 0.1) is 10.6 Å². The first-order chi connectivity index (χ1) is 11.0. The van der Waals surface area contributed by atoms with E-state index in [0.717, 1.165) is 0 Å². The molecule has 2 aromatic carbocycles. The second-order valence-corrected chi connectivity index (χ2v) is 4.92. The fourth-order valence-corrected chi connectivity index (χ4v) is 2.02. The maximum absolute atomic E-state index is 12.9. The van der Waals surface area contributed by atoms with Crippen molar-refractivity contribution in [2.24, 2.45) is 5.84 Å². The largest absolute Gasteiger partial charge is 0.317 e. The van der Waals surface area contributed by atoms with Crippen LogP contribution in [0.3, 0.4) is 0 Å². The Hall–Kier alpha value is -2.70. The maximum Gasteiger partial charge on any atom is 0.281 e. The highest BCUT2D eigenvalue weighted by Crippen LogP contribution is 2.15. The summed E-state index contributed by atoms with van der Waals surface area (Å²) in [4.78, 5) is 24.0. The molecule has 0 spiro atoms. The van der Waals surface area contributed by atoms with Crippen molar-refractivity contribution in [2.45, 2.75) is 0 Å². The molecule has 23 heavy (non-hydrogen) atoms. The van der Waals surface area contributed by atoms with Gasteiger partial charge in [-0.05, 0) is 35.9 Å². The van der Waals surface area contributed by atoms with Crippen LogP contribution in [0.15, 0.2) is 54.2 Å². The van der Waals surface area contributed by atoms with Crippen molar-refractivity contribution in [3.63, 3.8) is 0 Å². The second kappa shape index (κ2) is 7.53. The number of halogens is 2. The quantitative estimate of drug-likeness (QED) is 0.347. The lowest BCUT2D eigenvalue weighted by Gasteiger charge is -2.10. The summed E-state index contributed by atoms with van der Waals surface area (Å²) in [5, 5.41) is 2.69. The predicted octanol–water partition coefficient (Wildman–Crippen LogP) is 2.24. The average molecular weight is 334 g/mol. The molecule has 0 bridgehead atoms. The molecule has 2 aromatic rings. The average Bonchev–Trinajstić information content (AvgIpc) is 2.55. The van der Waals surface area contributed by atoms with E-state index in [1.807, 2.05) is 5.43 Å². The van der Waals surface area contributed by atoms with Crippen LogP contribution in [0.5, 0.6) is 0 Å². The van der Waals surface area contributed by atoms with Gasteiger partial charge in [-0.25, -0.2) is 10.2 Å². The zero-order chi connectivity index (χ0) is 16.8. The molecule has 0 radical (unpaired) electrons. The summed E-state index contributed by atoms with van der Waals surface area (Å²) < 4.78 is 12.9. The molecule has 0 saturated heterocycles. The van der Waals surface area contributed by atoms with Crippen LogP contribution in [0.2, 0.25) is 5.02 Å². The van der Waals surface area contributed by atoms with E-state index >= 15 is 0 Å². The smallest absolute Gasteiger partial charge is 0.281 e. The van der Waals surface area contributed by atoms with Gasteiger partial charge in [-0.2, -0.15) is 0 Å². The molecule has 0 aromatic heterocycles. The van der Waals surface area contributed by atoms with E-state index in [1.54, 1.807) is 18.2 Å². The summed E-state index contributed by atoms with van der Waals surface area (Å²) in [6, 6.07) is 11.8. The first-order valence-electron chi connectivity index (χ1n) is 6.55. The van der Waals surface area contributed by atoms with Gasteiger partial charge >= 0.3 is 0 Å². The minimum Gasteiger partial charge on any atom is -0.317 e. The summed E-state index contributed by atoms with van der Waals surface area (Å²) in [7, 11) is 0. The molecule has 0 aliphatic heterocycles. The van der Waals surface area contributed by atoms with Crippen molar-refractivity contribution < 1.29 is 14.0 Å². The van der Waals surface area contributed by atoms with Crippen molar-refractivity contribution >= 4 is 29.5 Å². The summed E-state index contributed by atoms with van der Waals surface area (Å²) in [5.41, 5.74) is 2.58. The Morgan fingerprint density at radius 3 is 2.35 bits per heavy atom. The highest BCUT2D eigenvalue weighted by atomic mass is 35.5. The summed E-state index contributed by atoms with van der Waals surface area (Å²) in [6.45, 7) is 0. The van der Waals surface area contributed by atoms with Gasteiger partial charge in [-0.15, -0.1) is 0 Å². The lowest BCUT2D eigenvalue weighted by molar-refractivity contribution is -0.117. The van der Waals surface area contributed by atoms with Crippen LogP contribution < -0.4 is 16.6 Å². The first kappa shape index (κ1) is 16.7. The predicted molar refractivity (Wildman–Crippen MR) is 85.6 cm³/mol. The Balaban J connectivity index is 2.29. The molecule has 0 unspecified atom stereocenters. The molecule has 0 aliphatic carbocycles. The normalized spacial score (nSPS) is 11.0. The molecule has 2 amide bonds. The molecule has 0 heterocycles. The van der Waals surface area contributed by atoms with Crippen LogP contribution in [0.1, 0.15) is 15.9 Å². The minimum atomic E-state index is -0.699. The van der Waals surface area contributed by atoms with E-state index in [0.29, 0.717) is 5.56 Å². The molecule has 0 fully saturated rings. The molecule has 2 rings (SSSR count). The van der Waals surface area contributed by atoms with Gasteiger partial charge < -0.3 is 5.32 Å². The van der Waals surface area contributed by atoms with Crippen molar-refractivity contribution in [3.05, 3.63) is 76.2 Å². The van der Waals surface area contributed by atoms with E-state index in [-0.39, 0.29) is 16.3 Å². The summed E-state index contributed by atoms with van der Waals surface area (Å²) in [6.07, 6.45) is 1.37. The van der Waals surface area contributed by atoms with Crippen LogP contribution in [0.25, 0.3) is 6.08 Å². The lowest BCUT2D eigenvalue weighted by Crippen LogP contribution is -2.38. The molecular weight excluding hydrogens is 321 g/mol. The maximum atomic E-state index is 12.9. The number of carbonyl (C=O) groups is 2. The summed E-state index contributed by atoms with van der Waals surface area (Å²) in [5.74, 6) is 3.45. The topological polar surface area (TPSA) is 84.2 Å². The van der Waals surface area contributed by atoms with Crippen LogP contribution in [-0.4, -0.2) is 11.8 Å². The van der Waals surface area contributed by atoms with Gasteiger partial charge in [-0.1, -0.05) is 35.9 Å². The number of rotatable bonds is 4. The van der Waals surface area contributed by atoms with Gasteiger partial charge in [-0.3, -0.25) is 15.0 Å². The number of nitrogens with one attached hydrogen (secondary N) is 2. The third kappa shape index (κ3) is 4.38. The van der Waals surface area contributed by atoms with Crippen LogP contribution >= 0.6 is 11.6 Å². The van der Waals surface area contributed by atoms with E-state index in [2.05, 4.69) is 5.32 Å². The van der Waals surface area contributed by atoms with Gasteiger partial charge in [0, 0.05) is 0 Å². The van der Waals surface area contributed by atoms with E-state index < -0.39 is 17.6 Å². The Morgan fingerprint density at radius 1 is 1.09 bits per heavy atom. The number of hydrogen-bond acceptors (Lipinski definition) is 3. The molecule has 7 heteroatoms. The van der Waals surface area contributed by atoms with Crippen molar-refractivity contribution in [2.75, 3.05) is 0 Å². The molecule has 5 nitrogen and oxygen atoms in total. The SMILES string of the molecule is NNC(=O)/C(=C\c1ccc(F)cc1)NC(=O)c1ccccc1Cl. The molecule has 4 N–H and O–H groups in total. The fourth-order valence-electron chi connectivity index (χ4n) is 1.80. The lowest BCUT2D eigenvalue weighted by atomic mass is 10.1. The van der Waals surface area contributed by atoms with Gasteiger partial charge in [0.25, 0.3) is 11.8 Å². The number of amides is 2. The number of hydrazine groups is 1. The Labute approximate surface area is 136 Å². The van der Waals surface area contributed by atoms with Gasteiger partial charge in [0.15, 0.2) is 0 Å². The van der Waals surface area contributed by atoms with Gasteiger partial charge in [0.1, 0.15) is 11.5 Å². The number of nitrogens with two attached hydrogens (primary N) is 1. The monoisotopic (exact) mass is 333 g/mol. The standard InChI is InChI=1S/C16H13ClFN3O2/c17-13-4-2-1-3-12(13)15(22)20-14(16(23)21-19)9-10-5-7-11(18)8-6-10/h1-9H,19H2,(H,20,22)(H,21,23)/b14-9+. The van der Waals surface area contributed by atoms with Crippen molar-refractivity contribution in [3.8, 4) is 0 Å². The van der Waals surface area contributed by atoms with E-state index in [9.17, 15) is 14.0 Å². The highest BCUT2D eigenvalue weighted by Gasteiger charge is 2.15. The fraction of sp³-hybridized carbons (Fsp3) is 0. The Bertz CT molecular complexity index is 760. The molecule has 0 aliphatic rings. The van der Waals surface area contributed by atoms with Crippen LogP contribution in [-0.2, 0) is 4.79 Å². The van der Waals surface area contributed by atoms with Crippen LogP contribution in [0.4, 0.5) is 4.39 Å². The number of hydrogen-bond donors (Lipinski definition) is 3. The molecular formula is C16H13ClFN3O2. The third-order valence-corrected chi connectivity index (χ3v) is 3.25. The Kier molecular flexibility index (Phi) is 5.46. The zero-order valence-corrected chi connectivity index (χ0v) is 12.6. The zero-order valence-electron chi connectivity index (χ0n) is 11.8. The van der Waals surface area contributed by atoms with Gasteiger partial charge in [0.2, 0.25) is 0 Å². The number of benzene rings is 2. The Morgan fingerprint density at radius 2 is 1.74 bits per heavy atom. The minimum absolute atomic E-state index is 0.0935. The van der Waals surface area contributed by atoms with Crippen LogP contribution in [0, 0.1) is 5.82 Å². The molecule has 0 atom stereocenters.